The van der Waals surface area contributed by atoms with Crippen molar-refractivity contribution in [2.45, 2.75) is 33.2 Å². The van der Waals surface area contributed by atoms with Gasteiger partial charge in [0.05, 0.1) is 12.2 Å². The molecule has 2 aromatic rings. The molecule has 7 nitrogen and oxygen atoms in total. The first-order chi connectivity index (χ1) is 9.85. The number of tetrazole rings is 1. The van der Waals surface area contributed by atoms with E-state index in [1.165, 1.54) is 6.33 Å². The van der Waals surface area contributed by atoms with Crippen LogP contribution in [0.4, 0.5) is 5.69 Å². The molecule has 1 amide bonds. The Labute approximate surface area is 123 Å². The van der Waals surface area contributed by atoms with Crippen molar-refractivity contribution in [2.75, 3.05) is 11.9 Å². The Morgan fingerprint density at radius 3 is 2.71 bits per heavy atom. The van der Waals surface area contributed by atoms with Crippen LogP contribution in [-0.2, 0) is 4.79 Å². The van der Waals surface area contributed by atoms with Crippen LogP contribution in [0.1, 0.15) is 26.3 Å². The van der Waals surface area contributed by atoms with Gasteiger partial charge in [-0.15, -0.1) is 5.10 Å². The minimum atomic E-state index is -0.0966. The molecule has 0 aliphatic heterocycles. The lowest BCUT2D eigenvalue weighted by molar-refractivity contribution is -0.115. The number of aryl methyl sites for hydroxylation is 1. The Kier molecular flexibility index (Phi) is 4.32. The highest BCUT2D eigenvalue weighted by Gasteiger charge is 2.12. The third kappa shape index (κ3) is 4.35. The highest BCUT2D eigenvalue weighted by molar-refractivity contribution is 5.93. The molecule has 1 aromatic heterocycles. The summed E-state index contributed by atoms with van der Waals surface area (Å²) in [6.07, 6.45) is 1.51. The summed E-state index contributed by atoms with van der Waals surface area (Å²) >= 11 is 0. The van der Waals surface area contributed by atoms with Crippen molar-refractivity contribution in [3.63, 3.8) is 0 Å². The molecule has 0 spiro atoms. The Balaban J connectivity index is 2.09. The third-order valence-electron chi connectivity index (χ3n) is 2.89. The van der Waals surface area contributed by atoms with Crippen molar-refractivity contribution in [3.05, 3.63) is 30.1 Å². The van der Waals surface area contributed by atoms with E-state index in [9.17, 15) is 4.79 Å². The maximum absolute atomic E-state index is 12.0. The van der Waals surface area contributed by atoms with Gasteiger partial charge in [-0.25, -0.2) is 4.68 Å². The number of nitrogens with zero attached hydrogens (tertiary/aromatic N) is 4. The van der Waals surface area contributed by atoms with Gasteiger partial charge in [0.2, 0.25) is 5.91 Å². The van der Waals surface area contributed by atoms with E-state index in [4.69, 9.17) is 0 Å². The lowest BCUT2D eigenvalue weighted by atomic mass is 10.1. The number of carbonyl (C=O) groups is 1. The van der Waals surface area contributed by atoms with Crippen LogP contribution in [0, 0.1) is 6.92 Å². The van der Waals surface area contributed by atoms with Crippen molar-refractivity contribution >= 4 is 11.6 Å². The SMILES string of the molecule is Cc1ccc(-n2cnnn2)cc1NC(=O)CNC(C)(C)C. The van der Waals surface area contributed by atoms with Crippen LogP contribution in [0.15, 0.2) is 24.5 Å². The molecule has 112 valence electrons. The van der Waals surface area contributed by atoms with E-state index in [2.05, 4.69) is 26.2 Å². The standard InChI is InChI=1S/C14H20N6O/c1-10-5-6-11(20-9-16-18-19-20)7-12(10)17-13(21)8-15-14(2,3)4/h5-7,9,15H,8H2,1-4H3,(H,17,21). The van der Waals surface area contributed by atoms with Gasteiger partial charge in [0.15, 0.2) is 0 Å². The Morgan fingerprint density at radius 1 is 1.33 bits per heavy atom. The maximum atomic E-state index is 12.0. The van der Waals surface area contributed by atoms with Crippen molar-refractivity contribution in [1.82, 2.24) is 25.5 Å². The lowest BCUT2D eigenvalue weighted by Crippen LogP contribution is -2.41. The first-order valence-electron chi connectivity index (χ1n) is 6.74. The Bertz CT molecular complexity index is 615. The van der Waals surface area contributed by atoms with Gasteiger partial charge in [0.25, 0.3) is 0 Å². The Morgan fingerprint density at radius 2 is 2.10 bits per heavy atom. The maximum Gasteiger partial charge on any atom is 0.238 e. The van der Waals surface area contributed by atoms with E-state index < -0.39 is 0 Å². The number of hydrogen-bond acceptors (Lipinski definition) is 5. The number of hydrogen-bond donors (Lipinski definition) is 2. The summed E-state index contributed by atoms with van der Waals surface area (Å²) in [5.41, 5.74) is 2.44. The van der Waals surface area contributed by atoms with Crippen LogP contribution < -0.4 is 10.6 Å². The lowest BCUT2D eigenvalue weighted by Gasteiger charge is -2.20. The molecule has 2 N–H and O–H groups in total. The predicted octanol–water partition coefficient (Wildman–Crippen LogP) is 1.30. The monoisotopic (exact) mass is 288 g/mol. The average molecular weight is 288 g/mol. The second-order valence-electron chi connectivity index (χ2n) is 5.91. The molecular weight excluding hydrogens is 268 g/mol. The number of benzene rings is 1. The zero-order chi connectivity index (χ0) is 15.5. The normalized spacial score (nSPS) is 11.4. The fourth-order valence-corrected chi connectivity index (χ4v) is 1.71. The van der Waals surface area contributed by atoms with Crippen molar-refractivity contribution in [2.24, 2.45) is 0 Å². The average Bonchev–Trinajstić information content (AvgIpc) is 2.92. The van der Waals surface area contributed by atoms with Crippen LogP contribution in [0.5, 0.6) is 0 Å². The molecular formula is C14H20N6O. The van der Waals surface area contributed by atoms with Gasteiger partial charge >= 0.3 is 0 Å². The van der Waals surface area contributed by atoms with Gasteiger partial charge in [-0.2, -0.15) is 0 Å². The van der Waals surface area contributed by atoms with E-state index in [1.54, 1.807) is 4.68 Å². The number of amides is 1. The van der Waals surface area contributed by atoms with E-state index in [-0.39, 0.29) is 18.0 Å². The van der Waals surface area contributed by atoms with E-state index in [0.717, 1.165) is 16.9 Å². The van der Waals surface area contributed by atoms with Crippen LogP contribution in [-0.4, -0.2) is 38.2 Å². The second kappa shape index (κ2) is 6.01. The number of anilines is 1. The van der Waals surface area contributed by atoms with Crippen LogP contribution in [0.3, 0.4) is 0 Å². The first kappa shape index (κ1) is 15.1. The van der Waals surface area contributed by atoms with E-state index in [0.29, 0.717) is 0 Å². The Hall–Kier alpha value is -2.28. The number of aromatic nitrogens is 4. The van der Waals surface area contributed by atoms with Crippen molar-refractivity contribution in [3.8, 4) is 5.69 Å². The molecule has 0 fully saturated rings. The largest absolute Gasteiger partial charge is 0.325 e. The molecule has 1 aromatic carbocycles. The minimum absolute atomic E-state index is 0.0816. The molecule has 0 atom stereocenters. The molecule has 0 unspecified atom stereocenters. The molecule has 0 saturated carbocycles. The van der Waals surface area contributed by atoms with E-state index in [1.807, 2.05) is 45.9 Å². The summed E-state index contributed by atoms with van der Waals surface area (Å²) in [6, 6.07) is 5.67. The topological polar surface area (TPSA) is 84.7 Å². The molecule has 7 heteroatoms. The van der Waals surface area contributed by atoms with Crippen molar-refractivity contribution < 1.29 is 4.79 Å². The van der Waals surface area contributed by atoms with Gasteiger partial charge < -0.3 is 10.6 Å². The van der Waals surface area contributed by atoms with Gasteiger partial charge in [-0.1, -0.05) is 6.07 Å². The van der Waals surface area contributed by atoms with Gasteiger partial charge in [-0.3, -0.25) is 4.79 Å². The quantitative estimate of drug-likeness (QED) is 0.885. The summed E-state index contributed by atoms with van der Waals surface area (Å²) in [4.78, 5) is 12.0. The molecule has 21 heavy (non-hydrogen) atoms. The molecule has 0 saturated heterocycles. The summed E-state index contributed by atoms with van der Waals surface area (Å²) in [5.74, 6) is -0.0816. The number of carbonyl (C=O) groups excluding carboxylic acids is 1. The predicted molar refractivity (Wildman–Crippen MR) is 80.3 cm³/mol. The fraction of sp³-hybridized carbons (Fsp3) is 0.429. The summed E-state index contributed by atoms with van der Waals surface area (Å²) < 4.78 is 1.54. The van der Waals surface area contributed by atoms with Gasteiger partial charge in [0, 0.05) is 11.2 Å². The highest BCUT2D eigenvalue weighted by atomic mass is 16.1. The van der Waals surface area contributed by atoms with Crippen LogP contribution in [0.2, 0.25) is 0 Å². The number of nitrogens with one attached hydrogen (secondary N) is 2. The fourth-order valence-electron chi connectivity index (χ4n) is 1.71. The van der Waals surface area contributed by atoms with E-state index >= 15 is 0 Å². The second-order valence-corrected chi connectivity index (χ2v) is 5.91. The zero-order valence-electron chi connectivity index (χ0n) is 12.7. The van der Waals surface area contributed by atoms with Gasteiger partial charge in [-0.05, 0) is 55.8 Å². The molecule has 0 bridgehead atoms. The highest BCUT2D eigenvalue weighted by Crippen LogP contribution is 2.18. The summed E-state index contributed by atoms with van der Waals surface area (Å²) in [6.45, 7) is 8.26. The molecule has 0 aliphatic rings. The number of rotatable bonds is 4. The van der Waals surface area contributed by atoms with Crippen LogP contribution in [0.25, 0.3) is 5.69 Å². The van der Waals surface area contributed by atoms with Crippen molar-refractivity contribution in [1.29, 1.82) is 0 Å². The molecule has 0 aliphatic carbocycles. The molecule has 0 radical (unpaired) electrons. The first-order valence-corrected chi connectivity index (χ1v) is 6.74. The molecule has 2 rings (SSSR count). The summed E-state index contributed by atoms with van der Waals surface area (Å²) in [7, 11) is 0. The molecule has 1 heterocycles. The smallest absolute Gasteiger partial charge is 0.238 e. The van der Waals surface area contributed by atoms with Gasteiger partial charge in [0.1, 0.15) is 6.33 Å². The zero-order valence-corrected chi connectivity index (χ0v) is 12.7. The minimum Gasteiger partial charge on any atom is -0.325 e. The summed E-state index contributed by atoms with van der Waals surface area (Å²) in [5, 5.41) is 17.1. The third-order valence-corrected chi connectivity index (χ3v) is 2.89. The van der Waals surface area contributed by atoms with Crippen LogP contribution >= 0.6 is 0 Å².